The minimum Gasteiger partial charge on any atom is -0.326 e. The normalized spacial score (nSPS) is 16.8. The van der Waals surface area contributed by atoms with Gasteiger partial charge in [0.15, 0.2) is 0 Å². The molecule has 5 heteroatoms. The molecule has 1 heterocycles. The summed E-state index contributed by atoms with van der Waals surface area (Å²) in [7, 11) is 0. The highest BCUT2D eigenvalue weighted by Crippen LogP contribution is 2.27. The highest BCUT2D eigenvalue weighted by atomic mass is 79.9. The van der Waals surface area contributed by atoms with Crippen LogP contribution >= 0.6 is 15.9 Å². The third-order valence-corrected chi connectivity index (χ3v) is 5.20. The van der Waals surface area contributed by atoms with Crippen molar-refractivity contribution in [1.82, 2.24) is 0 Å². The number of rotatable bonds is 6. The smallest absolute Gasteiger partial charge is 0.229 e. The summed E-state index contributed by atoms with van der Waals surface area (Å²) in [4.78, 5) is 26.5. The van der Waals surface area contributed by atoms with Crippen molar-refractivity contribution in [3.63, 3.8) is 0 Å². The van der Waals surface area contributed by atoms with Gasteiger partial charge in [0.25, 0.3) is 0 Å². The molecular formula is C21H23BrN2O2. The number of amides is 2. The van der Waals surface area contributed by atoms with Crippen LogP contribution in [0.4, 0.5) is 11.4 Å². The molecule has 0 radical (unpaired) electrons. The number of carbonyl (C=O) groups excluding carboxylic acids is 2. The topological polar surface area (TPSA) is 49.4 Å². The van der Waals surface area contributed by atoms with Crippen molar-refractivity contribution in [2.75, 3.05) is 16.8 Å². The van der Waals surface area contributed by atoms with Crippen molar-refractivity contribution < 1.29 is 9.59 Å². The van der Waals surface area contributed by atoms with E-state index in [1.807, 2.05) is 36.4 Å². The molecule has 3 rings (SSSR count). The van der Waals surface area contributed by atoms with Crippen molar-refractivity contribution in [2.24, 2.45) is 5.92 Å². The number of halogens is 1. The van der Waals surface area contributed by atoms with Crippen LogP contribution in [0.1, 0.15) is 31.7 Å². The summed E-state index contributed by atoms with van der Waals surface area (Å²) >= 11 is 3.39. The van der Waals surface area contributed by atoms with E-state index in [2.05, 4.69) is 40.3 Å². The molecule has 1 atom stereocenters. The van der Waals surface area contributed by atoms with Crippen LogP contribution in [-0.2, 0) is 16.0 Å². The fourth-order valence-corrected chi connectivity index (χ4v) is 3.40. The Labute approximate surface area is 162 Å². The van der Waals surface area contributed by atoms with E-state index in [1.165, 1.54) is 18.4 Å². The van der Waals surface area contributed by atoms with Gasteiger partial charge in [-0.3, -0.25) is 9.59 Å². The van der Waals surface area contributed by atoms with E-state index in [-0.39, 0.29) is 24.2 Å². The van der Waals surface area contributed by atoms with Crippen molar-refractivity contribution in [1.29, 1.82) is 0 Å². The van der Waals surface area contributed by atoms with E-state index in [4.69, 9.17) is 0 Å². The number of aryl methyl sites for hydroxylation is 1. The molecule has 136 valence electrons. The number of unbranched alkanes of at least 4 members (excludes halogenated alkanes) is 1. The molecule has 1 saturated heterocycles. The van der Waals surface area contributed by atoms with Crippen LogP contribution in [0.15, 0.2) is 53.0 Å². The average molecular weight is 415 g/mol. The lowest BCUT2D eigenvalue weighted by Gasteiger charge is -2.17. The molecule has 0 unspecified atom stereocenters. The van der Waals surface area contributed by atoms with Gasteiger partial charge in [0.05, 0.1) is 5.92 Å². The van der Waals surface area contributed by atoms with Gasteiger partial charge in [0.1, 0.15) is 0 Å². The third kappa shape index (κ3) is 4.52. The van der Waals surface area contributed by atoms with Gasteiger partial charge in [-0.25, -0.2) is 0 Å². The number of nitrogens with zero attached hydrogens (tertiary/aromatic N) is 1. The Bertz CT molecular complexity index is 772. The van der Waals surface area contributed by atoms with E-state index < -0.39 is 0 Å². The second kappa shape index (κ2) is 8.49. The monoisotopic (exact) mass is 414 g/mol. The average Bonchev–Trinajstić information content (AvgIpc) is 3.04. The zero-order chi connectivity index (χ0) is 18.5. The number of nitrogens with one attached hydrogen (secondary N) is 1. The molecule has 2 aromatic carbocycles. The molecule has 0 spiro atoms. The maximum Gasteiger partial charge on any atom is 0.229 e. The van der Waals surface area contributed by atoms with Crippen LogP contribution in [-0.4, -0.2) is 18.4 Å². The molecule has 0 aromatic heterocycles. The summed E-state index contributed by atoms with van der Waals surface area (Å²) < 4.78 is 0.963. The van der Waals surface area contributed by atoms with Gasteiger partial charge in [-0.2, -0.15) is 0 Å². The highest BCUT2D eigenvalue weighted by Gasteiger charge is 2.35. The second-order valence-electron chi connectivity index (χ2n) is 6.67. The zero-order valence-corrected chi connectivity index (χ0v) is 16.5. The first-order valence-electron chi connectivity index (χ1n) is 9.02. The van der Waals surface area contributed by atoms with Crippen molar-refractivity contribution in [2.45, 2.75) is 32.6 Å². The van der Waals surface area contributed by atoms with Gasteiger partial charge < -0.3 is 10.2 Å². The SMILES string of the molecule is CCCCc1ccc(NC(=O)[C@@H]2CC(=O)N(c3ccc(Br)cc3)C2)cc1. The van der Waals surface area contributed by atoms with E-state index in [0.717, 1.165) is 22.3 Å². The number of benzene rings is 2. The highest BCUT2D eigenvalue weighted by molar-refractivity contribution is 9.10. The summed E-state index contributed by atoms with van der Waals surface area (Å²) in [6.07, 6.45) is 3.64. The molecule has 1 fully saturated rings. The van der Waals surface area contributed by atoms with Crippen LogP contribution in [0.5, 0.6) is 0 Å². The van der Waals surface area contributed by atoms with E-state index in [1.54, 1.807) is 4.90 Å². The van der Waals surface area contributed by atoms with Gasteiger partial charge in [-0.15, -0.1) is 0 Å². The Morgan fingerprint density at radius 1 is 1.15 bits per heavy atom. The molecule has 0 saturated carbocycles. The first-order chi connectivity index (χ1) is 12.6. The van der Waals surface area contributed by atoms with E-state index in [0.29, 0.717) is 6.54 Å². The number of carbonyl (C=O) groups is 2. The fraction of sp³-hybridized carbons (Fsp3) is 0.333. The predicted octanol–water partition coefficient (Wildman–Crippen LogP) is 4.78. The van der Waals surface area contributed by atoms with Crippen molar-refractivity contribution >= 4 is 39.1 Å². The molecule has 1 aliphatic heterocycles. The van der Waals surface area contributed by atoms with Crippen LogP contribution < -0.4 is 10.2 Å². The lowest BCUT2D eigenvalue weighted by Crippen LogP contribution is -2.28. The summed E-state index contributed by atoms with van der Waals surface area (Å²) in [5, 5.41) is 2.94. The molecular weight excluding hydrogens is 392 g/mol. The summed E-state index contributed by atoms with van der Waals surface area (Å²) in [6.45, 7) is 2.59. The molecule has 0 bridgehead atoms. The largest absolute Gasteiger partial charge is 0.326 e. The quantitative estimate of drug-likeness (QED) is 0.738. The zero-order valence-electron chi connectivity index (χ0n) is 14.9. The minimum absolute atomic E-state index is 0.0117. The van der Waals surface area contributed by atoms with Crippen molar-refractivity contribution in [3.8, 4) is 0 Å². The molecule has 1 N–H and O–H groups in total. The summed E-state index contributed by atoms with van der Waals surface area (Å²) in [6, 6.07) is 15.6. The Balaban J connectivity index is 1.60. The van der Waals surface area contributed by atoms with Gasteiger partial charge in [-0.05, 0) is 54.8 Å². The molecule has 4 nitrogen and oxygen atoms in total. The standard InChI is InChI=1S/C21H23BrN2O2/c1-2-3-4-15-5-9-18(10-6-15)23-21(26)16-13-20(25)24(14-16)19-11-7-17(22)8-12-19/h5-12,16H,2-4,13-14H2,1H3,(H,23,26)/t16-/m1/s1. The summed E-state index contributed by atoms with van der Waals surface area (Å²) in [5.41, 5.74) is 2.89. The van der Waals surface area contributed by atoms with Crippen LogP contribution in [0.2, 0.25) is 0 Å². The number of hydrogen-bond donors (Lipinski definition) is 1. The van der Waals surface area contributed by atoms with E-state index in [9.17, 15) is 9.59 Å². The Morgan fingerprint density at radius 2 is 1.85 bits per heavy atom. The van der Waals surface area contributed by atoms with Gasteiger partial charge in [0, 0.05) is 28.8 Å². The first kappa shape index (κ1) is 18.6. The fourth-order valence-electron chi connectivity index (χ4n) is 3.13. The van der Waals surface area contributed by atoms with Crippen LogP contribution in [0.3, 0.4) is 0 Å². The second-order valence-corrected chi connectivity index (χ2v) is 7.59. The maximum atomic E-state index is 12.6. The Hall–Kier alpha value is -2.14. The third-order valence-electron chi connectivity index (χ3n) is 4.67. The molecule has 26 heavy (non-hydrogen) atoms. The van der Waals surface area contributed by atoms with Crippen LogP contribution in [0, 0.1) is 5.92 Å². The van der Waals surface area contributed by atoms with Gasteiger partial charge in [0.2, 0.25) is 11.8 Å². The lowest BCUT2D eigenvalue weighted by molar-refractivity contribution is -0.122. The maximum absolute atomic E-state index is 12.6. The van der Waals surface area contributed by atoms with Crippen LogP contribution in [0.25, 0.3) is 0 Å². The molecule has 1 aliphatic rings. The number of hydrogen-bond acceptors (Lipinski definition) is 2. The minimum atomic E-state index is -0.328. The number of anilines is 2. The van der Waals surface area contributed by atoms with E-state index >= 15 is 0 Å². The predicted molar refractivity (Wildman–Crippen MR) is 108 cm³/mol. The first-order valence-corrected chi connectivity index (χ1v) is 9.82. The lowest BCUT2D eigenvalue weighted by atomic mass is 10.1. The molecule has 2 aromatic rings. The van der Waals surface area contributed by atoms with Gasteiger partial charge in [-0.1, -0.05) is 41.4 Å². The molecule has 2 amide bonds. The Morgan fingerprint density at radius 3 is 2.50 bits per heavy atom. The summed E-state index contributed by atoms with van der Waals surface area (Å²) in [5.74, 6) is -0.437. The van der Waals surface area contributed by atoms with Gasteiger partial charge >= 0.3 is 0 Å². The molecule has 0 aliphatic carbocycles. The van der Waals surface area contributed by atoms with Crippen molar-refractivity contribution in [3.05, 3.63) is 58.6 Å². The Kier molecular flexibility index (Phi) is 6.09.